The molecule has 0 bridgehead atoms. The summed E-state index contributed by atoms with van der Waals surface area (Å²) in [5.41, 5.74) is 8.28. The van der Waals surface area contributed by atoms with Crippen molar-refractivity contribution in [2.24, 2.45) is 0 Å². The Morgan fingerprint density at radius 1 is 0.479 bits per heavy atom. The van der Waals surface area contributed by atoms with Crippen LogP contribution in [0.4, 0.5) is 0 Å². The molecule has 0 amide bonds. The van der Waals surface area contributed by atoms with Crippen LogP contribution in [0.25, 0.3) is 66.9 Å². The van der Waals surface area contributed by atoms with E-state index < -0.39 is 20.2 Å². The summed E-state index contributed by atoms with van der Waals surface area (Å²) < 4.78 is 65.7. The molecule has 0 aliphatic heterocycles. The minimum atomic E-state index is -4.35. The molecule has 0 aliphatic rings. The molecule has 4 aromatic heterocycles. The van der Waals surface area contributed by atoms with Gasteiger partial charge in [0.15, 0.2) is 0 Å². The van der Waals surface area contributed by atoms with E-state index in [1.54, 1.807) is 38.1 Å². The van der Waals surface area contributed by atoms with Gasteiger partial charge in [-0.15, -0.1) is 0 Å². The normalized spacial score (nSPS) is 12.3. The Balaban J connectivity index is 0.000000152. The van der Waals surface area contributed by atoms with Crippen LogP contribution in [-0.4, -0.2) is 65.8 Å². The summed E-state index contributed by atoms with van der Waals surface area (Å²) in [4.78, 5) is 29.8. The van der Waals surface area contributed by atoms with Crippen molar-refractivity contribution in [1.82, 2.24) is 39.9 Å². The fourth-order valence-corrected chi connectivity index (χ4v) is 7.17. The first kappa shape index (κ1) is 31.2. The van der Waals surface area contributed by atoms with Crippen LogP contribution in [0, 0.1) is 27.7 Å². The van der Waals surface area contributed by atoms with Gasteiger partial charge in [0.25, 0.3) is 20.2 Å². The first-order chi connectivity index (χ1) is 22.6. The van der Waals surface area contributed by atoms with Gasteiger partial charge < -0.3 is 19.9 Å². The standard InChI is InChI=1S/2C16H14N4O3S/c2*1-8-3-4-10(15(5-8)24(21,22)23)16-19-13-6-11-12(7-14(13)20-16)18-9(2)17-11/h2*3-7H,1-2H3,(H,17,18)(H,19,20)(H,21,22,23). The second-order valence-electron chi connectivity index (χ2n) is 11.5. The zero-order valence-corrected chi connectivity index (χ0v) is 27.5. The molecule has 0 atom stereocenters. The highest BCUT2D eigenvalue weighted by atomic mass is 32.2. The second-order valence-corrected chi connectivity index (χ2v) is 14.3. The lowest BCUT2D eigenvalue weighted by Crippen LogP contribution is -2.02. The van der Waals surface area contributed by atoms with Gasteiger partial charge >= 0.3 is 0 Å². The molecule has 0 fully saturated rings. The maximum Gasteiger partial charge on any atom is 0.295 e. The van der Waals surface area contributed by atoms with Crippen molar-refractivity contribution in [3.63, 3.8) is 0 Å². The van der Waals surface area contributed by atoms with Crippen LogP contribution in [0.2, 0.25) is 0 Å². The number of hydrogen-bond acceptors (Lipinski definition) is 8. The van der Waals surface area contributed by atoms with E-state index >= 15 is 0 Å². The van der Waals surface area contributed by atoms with E-state index in [-0.39, 0.29) is 9.79 Å². The number of aromatic amines is 4. The smallest absolute Gasteiger partial charge is 0.295 e. The van der Waals surface area contributed by atoms with Crippen LogP contribution < -0.4 is 0 Å². The van der Waals surface area contributed by atoms with E-state index in [1.165, 1.54) is 12.1 Å². The highest BCUT2D eigenvalue weighted by Crippen LogP contribution is 2.31. The highest BCUT2D eigenvalue weighted by molar-refractivity contribution is 7.86. The maximum absolute atomic E-state index is 11.7. The lowest BCUT2D eigenvalue weighted by molar-refractivity contribution is 0.481. The summed E-state index contributed by atoms with van der Waals surface area (Å²) in [6, 6.07) is 17.1. The van der Waals surface area contributed by atoms with E-state index in [0.29, 0.717) is 33.8 Å². The van der Waals surface area contributed by atoms with Gasteiger partial charge in [-0.3, -0.25) is 9.11 Å². The van der Waals surface area contributed by atoms with Crippen LogP contribution in [0.1, 0.15) is 22.8 Å². The van der Waals surface area contributed by atoms with Crippen LogP contribution in [-0.2, 0) is 20.2 Å². The van der Waals surface area contributed by atoms with Crippen molar-refractivity contribution in [2.75, 3.05) is 0 Å². The molecular formula is C32H28N8O6S2. The molecule has 8 aromatic rings. The Kier molecular flexibility index (Phi) is 7.21. The van der Waals surface area contributed by atoms with Crippen LogP contribution >= 0.6 is 0 Å². The van der Waals surface area contributed by atoms with Gasteiger partial charge in [-0.25, -0.2) is 19.9 Å². The Morgan fingerprint density at radius 2 is 0.833 bits per heavy atom. The number of benzene rings is 4. The summed E-state index contributed by atoms with van der Waals surface area (Å²) in [6.45, 7) is 7.26. The van der Waals surface area contributed by atoms with Gasteiger partial charge in [0.1, 0.15) is 33.1 Å². The molecule has 0 aliphatic carbocycles. The number of nitrogens with one attached hydrogen (secondary N) is 4. The molecule has 0 radical (unpaired) electrons. The third-order valence-corrected chi connectivity index (χ3v) is 9.53. The third kappa shape index (κ3) is 5.81. The van der Waals surface area contributed by atoms with Crippen molar-refractivity contribution in [3.05, 3.63) is 83.4 Å². The van der Waals surface area contributed by atoms with Gasteiger partial charge in [-0.1, -0.05) is 12.1 Å². The first-order valence-electron chi connectivity index (χ1n) is 14.5. The average molecular weight is 685 g/mol. The second kappa shape index (κ2) is 11.1. The number of imidazole rings is 4. The zero-order chi connectivity index (χ0) is 34.1. The molecule has 244 valence electrons. The minimum Gasteiger partial charge on any atom is -0.342 e. The number of H-pyrrole nitrogens is 4. The topological polar surface area (TPSA) is 223 Å². The molecule has 0 unspecified atom stereocenters. The largest absolute Gasteiger partial charge is 0.342 e. The number of hydrogen-bond donors (Lipinski definition) is 6. The Labute approximate surface area is 273 Å². The Bertz CT molecular complexity index is 2500. The minimum absolute atomic E-state index is 0.166. The van der Waals surface area contributed by atoms with Crippen molar-refractivity contribution in [3.8, 4) is 22.8 Å². The lowest BCUT2D eigenvalue weighted by Gasteiger charge is -2.05. The first-order valence-corrected chi connectivity index (χ1v) is 17.4. The molecule has 0 spiro atoms. The van der Waals surface area contributed by atoms with Crippen LogP contribution in [0.15, 0.2) is 70.5 Å². The van der Waals surface area contributed by atoms with Crippen molar-refractivity contribution in [1.29, 1.82) is 0 Å². The van der Waals surface area contributed by atoms with E-state index in [4.69, 9.17) is 0 Å². The summed E-state index contributed by atoms with van der Waals surface area (Å²) >= 11 is 0. The summed E-state index contributed by atoms with van der Waals surface area (Å²) in [7, 11) is -8.71. The molecule has 48 heavy (non-hydrogen) atoms. The quantitative estimate of drug-likeness (QED) is 0.120. The molecule has 4 heterocycles. The number of nitrogens with zero attached hydrogens (tertiary/aromatic N) is 4. The fraction of sp³-hybridized carbons (Fsp3) is 0.125. The number of aromatic nitrogens is 8. The molecule has 6 N–H and O–H groups in total. The SMILES string of the molecule is Cc1ccc(-c2nc3cc4nc(C)[nH]c4cc3[nH]2)c(S(=O)(=O)O)c1.Cc1ccc(-c2nc3cc4nc(C)[nH]c4cc3[nH]2)c(S(=O)(=O)O)c1. The number of fused-ring (bicyclic) bond motifs is 4. The predicted octanol–water partition coefficient (Wildman–Crippen LogP) is 5.94. The number of aryl methyl sites for hydroxylation is 4. The van der Waals surface area contributed by atoms with E-state index in [2.05, 4.69) is 39.9 Å². The van der Waals surface area contributed by atoms with Gasteiger partial charge in [-0.05, 0) is 87.4 Å². The summed E-state index contributed by atoms with van der Waals surface area (Å²) in [5.74, 6) is 2.37. The highest BCUT2D eigenvalue weighted by Gasteiger charge is 2.21. The average Bonchev–Trinajstić information content (AvgIpc) is 3.77. The summed E-state index contributed by atoms with van der Waals surface area (Å²) in [5, 5.41) is 0. The van der Waals surface area contributed by atoms with E-state index in [9.17, 15) is 25.9 Å². The van der Waals surface area contributed by atoms with Gasteiger partial charge in [0, 0.05) is 11.1 Å². The van der Waals surface area contributed by atoms with Crippen LogP contribution in [0.3, 0.4) is 0 Å². The van der Waals surface area contributed by atoms with Crippen LogP contribution in [0.5, 0.6) is 0 Å². The third-order valence-electron chi connectivity index (χ3n) is 7.75. The molecule has 14 nitrogen and oxygen atoms in total. The molecule has 0 saturated heterocycles. The molecular weight excluding hydrogens is 657 g/mol. The number of rotatable bonds is 4. The zero-order valence-electron chi connectivity index (χ0n) is 25.9. The van der Waals surface area contributed by atoms with E-state index in [0.717, 1.165) is 55.9 Å². The van der Waals surface area contributed by atoms with Gasteiger partial charge in [0.2, 0.25) is 0 Å². The fourth-order valence-electron chi connectivity index (χ4n) is 5.62. The predicted molar refractivity (Wildman–Crippen MR) is 181 cm³/mol. The lowest BCUT2D eigenvalue weighted by atomic mass is 10.1. The maximum atomic E-state index is 11.7. The van der Waals surface area contributed by atoms with Crippen molar-refractivity contribution < 1.29 is 25.9 Å². The Hall–Kier alpha value is -5.42. The van der Waals surface area contributed by atoms with Crippen molar-refractivity contribution >= 4 is 64.4 Å². The van der Waals surface area contributed by atoms with E-state index in [1.807, 2.05) is 38.1 Å². The van der Waals surface area contributed by atoms with Gasteiger partial charge in [0.05, 0.1) is 44.1 Å². The van der Waals surface area contributed by atoms with Gasteiger partial charge in [-0.2, -0.15) is 16.8 Å². The monoisotopic (exact) mass is 684 g/mol. The molecule has 4 aromatic carbocycles. The molecule has 8 rings (SSSR count). The molecule has 0 saturated carbocycles. The Morgan fingerprint density at radius 3 is 1.21 bits per heavy atom. The summed E-state index contributed by atoms with van der Waals surface area (Å²) in [6.07, 6.45) is 0. The van der Waals surface area contributed by atoms with Crippen molar-refractivity contribution in [2.45, 2.75) is 37.5 Å². The molecule has 16 heteroatoms.